The second-order valence-electron chi connectivity index (χ2n) is 6.95. The van der Waals surface area contributed by atoms with Gasteiger partial charge >= 0.3 is 6.36 Å². The number of rotatable bonds is 8. The summed E-state index contributed by atoms with van der Waals surface area (Å²) in [6, 6.07) is 5.63. The lowest BCUT2D eigenvalue weighted by Crippen LogP contribution is -2.17. The third-order valence-electron chi connectivity index (χ3n) is 4.88. The molecule has 6 nitrogen and oxygen atoms in total. The maximum absolute atomic E-state index is 12.7. The number of ether oxygens (including phenoxy) is 1. The van der Waals surface area contributed by atoms with Gasteiger partial charge in [0.15, 0.2) is 0 Å². The van der Waals surface area contributed by atoms with Gasteiger partial charge in [0.2, 0.25) is 0 Å². The van der Waals surface area contributed by atoms with Crippen LogP contribution in [0.15, 0.2) is 36.8 Å². The van der Waals surface area contributed by atoms with Crippen LogP contribution in [0.4, 0.5) is 13.2 Å². The molecule has 0 spiro atoms. The summed E-state index contributed by atoms with van der Waals surface area (Å²) in [4.78, 5) is 19.4. The van der Waals surface area contributed by atoms with Gasteiger partial charge in [-0.3, -0.25) is 4.79 Å². The van der Waals surface area contributed by atoms with E-state index in [2.05, 4.69) is 14.7 Å². The summed E-state index contributed by atoms with van der Waals surface area (Å²) in [5.74, 6) is -0.969. The van der Waals surface area contributed by atoms with Crippen molar-refractivity contribution in [3.63, 3.8) is 0 Å². The molecule has 0 radical (unpaired) electrons. The van der Waals surface area contributed by atoms with Crippen LogP contribution in [0, 0.1) is 6.92 Å². The average molecular weight is 420 g/mol. The first-order valence-electron chi connectivity index (χ1n) is 9.56. The highest BCUT2D eigenvalue weighted by Gasteiger charge is 2.31. The number of carbonyl (C=O) groups excluding carboxylic acids is 1. The molecule has 1 aromatic carbocycles. The zero-order valence-corrected chi connectivity index (χ0v) is 16.7. The molecule has 0 bridgehead atoms. The van der Waals surface area contributed by atoms with E-state index in [1.54, 1.807) is 25.5 Å². The zero-order chi connectivity index (χ0) is 21.9. The quantitative estimate of drug-likeness (QED) is 0.567. The summed E-state index contributed by atoms with van der Waals surface area (Å²) in [5, 5.41) is 0. The summed E-state index contributed by atoms with van der Waals surface area (Å²) in [5.41, 5.74) is 9.48. The fraction of sp³-hybridized carbons (Fsp3) is 0.333. The number of nitrogens with one attached hydrogen (secondary N) is 1. The highest BCUT2D eigenvalue weighted by Crippen LogP contribution is 2.36. The number of imidazole rings is 1. The van der Waals surface area contributed by atoms with Crippen LogP contribution in [0.2, 0.25) is 0 Å². The molecule has 160 valence electrons. The number of alkyl halides is 3. The van der Waals surface area contributed by atoms with Crippen molar-refractivity contribution < 1.29 is 22.7 Å². The van der Waals surface area contributed by atoms with Crippen LogP contribution in [0.25, 0.3) is 11.1 Å². The van der Waals surface area contributed by atoms with Gasteiger partial charge in [0, 0.05) is 41.8 Å². The summed E-state index contributed by atoms with van der Waals surface area (Å²) in [7, 11) is 0. The Morgan fingerprint density at radius 3 is 2.67 bits per heavy atom. The molecular formula is C21H23F3N4O2. The predicted molar refractivity (Wildman–Crippen MR) is 106 cm³/mol. The van der Waals surface area contributed by atoms with Crippen molar-refractivity contribution in [3.8, 4) is 16.9 Å². The van der Waals surface area contributed by atoms with E-state index in [1.165, 1.54) is 18.2 Å². The number of halogens is 3. The molecule has 0 aliphatic carbocycles. The van der Waals surface area contributed by atoms with Gasteiger partial charge in [-0.05, 0) is 31.0 Å². The van der Waals surface area contributed by atoms with E-state index in [0.717, 1.165) is 17.8 Å². The van der Waals surface area contributed by atoms with Crippen LogP contribution in [0.1, 0.15) is 40.8 Å². The number of hydrogen-bond donors (Lipinski definition) is 2. The average Bonchev–Trinajstić information content (AvgIpc) is 3.26. The van der Waals surface area contributed by atoms with Crippen molar-refractivity contribution in [2.75, 3.05) is 0 Å². The van der Waals surface area contributed by atoms with E-state index >= 15 is 0 Å². The third-order valence-corrected chi connectivity index (χ3v) is 4.88. The van der Waals surface area contributed by atoms with Gasteiger partial charge in [0.1, 0.15) is 5.75 Å². The monoisotopic (exact) mass is 420 g/mol. The van der Waals surface area contributed by atoms with Crippen molar-refractivity contribution in [2.45, 2.75) is 46.0 Å². The van der Waals surface area contributed by atoms with E-state index in [-0.39, 0.29) is 5.75 Å². The summed E-state index contributed by atoms with van der Waals surface area (Å²) < 4.78 is 44.1. The van der Waals surface area contributed by atoms with Crippen molar-refractivity contribution in [3.05, 3.63) is 59.4 Å². The Labute approximate surface area is 171 Å². The maximum atomic E-state index is 12.7. The molecule has 9 heteroatoms. The number of nitrogens with zero attached hydrogens (tertiary/aromatic N) is 2. The molecule has 2 heterocycles. The van der Waals surface area contributed by atoms with E-state index < -0.39 is 12.3 Å². The van der Waals surface area contributed by atoms with Crippen molar-refractivity contribution >= 4 is 5.91 Å². The second-order valence-corrected chi connectivity index (χ2v) is 6.95. The van der Waals surface area contributed by atoms with E-state index in [9.17, 15) is 18.0 Å². The number of hydrogen-bond acceptors (Lipinski definition) is 3. The predicted octanol–water partition coefficient (Wildman–Crippen LogP) is 4.38. The number of nitrogens with two attached hydrogens (primary N) is 1. The molecule has 0 saturated carbocycles. The number of carbonyl (C=O) groups is 1. The molecule has 1 amide bonds. The fourth-order valence-electron chi connectivity index (χ4n) is 3.71. The minimum atomic E-state index is -4.80. The van der Waals surface area contributed by atoms with Gasteiger partial charge in [-0.15, -0.1) is 13.2 Å². The van der Waals surface area contributed by atoms with Crippen LogP contribution in [-0.4, -0.2) is 26.8 Å². The maximum Gasteiger partial charge on any atom is 0.573 e. The van der Waals surface area contributed by atoms with Crippen LogP contribution in [0.3, 0.4) is 0 Å². The highest BCUT2D eigenvalue weighted by atomic mass is 19.4. The fourth-order valence-corrected chi connectivity index (χ4v) is 3.71. The Morgan fingerprint density at radius 2 is 2.07 bits per heavy atom. The van der Waals surface area contributed by atoms with Gasteiger partial charge in [0.25, 0.3) is 5.91 Å². The Hall–Kier alpha value is -3.23. The molecule has 0 saturated heterocycles. The van der Waals surface area contributed by atoms with Crippen molar-refractivity contribution in [1.82, 2.24) is 14.5 Å². The molecule has 0 unspecified atom stereocenters. The van der Waals surface area contributed by atoms with Crippen LogP contribution < -0.4 is 10.5 Å². The first-order valence-corrected chi connectivity index (χ1v) is 9.56. The lowest BCUT2D eigenvalue weighted by Gasteiger charge is -2.13. The number of aromatic amines is 1. The van der Waals surface area contributed by atoms with E-state index in [4.69, 9.17) is 5.73 Å². The minimum Gasteiger partial charge on any atom is -0.406 e. The number of primary amides is 1. The molecule has 30 heavy (non-hydrogen) atoms. The molecule has 3 rings (SSSR count). The van der Waals surface area contributed by atoms with E-state index in [0.29, 0.717) is 41.8 Å². The van der Waals surface area contributed by atoms with Gasteiger partial charge in [-0.25, -0.2) is 4.98 Å². The first kappa shape index (κ1) is 21.5. The molecule has 3 N–H and O–H groups in total. The SMILES string of the molecule is CCCc1c(-c2cccc(OC(F)(F)F)c2)c(C(N)=O)c(C)n1CCc1cnc[nH]1. The van der Waals surface area contributed by atoms with Gasteiger partial charge in [0.05, 0.1) is 11.9 Å². The number of benzene rings is 1. The van der Waals surface area contributed by atoms with Crippen molar-refractivity contribution in [2.24, 2.45) is 5.73 Å². The Balaban J connectivity index is 2.11. The zero-order valence-electron chi connectivity index (χ0n) is 16.7. The standard InChI is InChI=1S/C21H23F3N4O2/c1-3-5-17-19(14-6-4-7-16(10-14)30-21(22,23)24)18(20(25)29)13(2)28(17)9-8-15-11-26-12-27-15/h4,6-7,10-12H,3,5,8-9H2,1-2H3,(H2,25,29)(H,26,27). The van der Waals surface area contributed by atoms with Gasteiger partial charge in [-0.1, -0.05) is 25.5 Å². The molecule has 0 aliphatic heterocycles. The van der Waals surface area contributed by atoms with Crippen LogP contribution in [-0.2, 0) is 19.4 Å². The number of aromatic nitrogens is 3. The summed E-state index contributed by atoms with van der Waals surface area (Å²) >= 11 is 0. The Kier molecular flexibility index (Phi) is 6.19. The normalized spacial score (nSPS) is 11.6. The summed E-state index contributed by atoms with van der Waals surface area (Å²) in [6.45, 7) is 4.37. The lowest BCUT2D eigenvalue weighted by molar-refractivity contribution is -0.274. The van der Waals surface area contributed by atoms with E-state index in [1.807, 2.05) is 11.5 Å². The molecule has 2 aromatic heterocycles. The highest BCUT2D eigenvalue weighted by molar-refractivity contribution is 6.02. The third kappa shape index (κ3) is 4.67. The van der Waals surface area contributed by atoms with Gasteiger partial charge < -0.3 is 20.0 Å². The Morgan fingerprint density at radius 1 is 1.30 bits per heavy atom. The lowest BCUT2D eigenvalue weighted by atomic mass is 9.98. The largest absolute Gasteiger partial charge is 0.573 e. The first-order chi connectivity index (χ1) is 14.2. The number of H-pyrrole nitrogens is 1. The van der Waals surface area contributed by atoms with Crippen molar-refractivity contribution in [1.29, 1.82) is 0 Å². The second kappa shape index (κ2) is 8.64. The number of aryl methyl sites for hydroxylation is 1. The Bertz CT molecular complexity index is 1020. The molecule has 0 atom stereocenters. The minimum absolute atomic E-state index is 0.312. The number of amides is 1. The smallest absolute Gasteiger partial charge is 0.406 e. The van der Waals surface area contributed by atoms with Gasteiger partial charge in [-0.2, -0.15) is 0 Å². The molecule has 0 aliphatic rings. The van der Waals surface area contributed by atoms with Crippen LogP contribution in [0.5, 0.6) is 5.75 Å². The molecule has 0 fully saturated rings. The molecule has 3 aromatic rings. The van der Waals surface area contributed by atoms with Crippen LogP contribution >= 0.6 is 0 Å². The topological polar surface area (TPSA) is 85.9 Å². The summed E-state index contributed by atoms with van der Waals surface area (Å²) in [6.07, 6.45) is 0.599. The molecular weight excluding hydrogens is 397 g/mol.